The molecule has 0 aliphatic carbocycles. The van der Waals surface area contributed by atoms with Gasteiger partial charge in [-0.05, 0) is 36.6 Å². The summed E-state index contributed by atoms with van der Waals surface area (Å²) in [4.78, 5) is 12.9. The smallest absolute Gasteiger partial charge is 0.422 e. The first-order valence-electron chi connectivity index (χ1n) is 9.41. The van der Waals surface area contributed by atoms with E-state index in [1.807, 2.05) is 48.5 Å². The summed E-state index contributed by atoms with van der Waals surface area (Å²) < 4.78 is 41.2. The summed E-state index contributed by atoms with van der Waals surface area (Å²) >= 11 is 0. The Morgan fingerprint density at radius 2 is 1.60 bits per heavy atom. The third-order valence-electron chi connectivity index (χ3n) is 4.64. The second kappa shape index (κ2) is 8.49. The third-order valence-corrected chi connectivity index (χ3v) is 4.64. The van der Waals surface area contributed by atoms with Crippen molar-refractivity contribution in [3.8, 4) is 17.0 Å². The van der Waals surface area contributed by atoms with E-state index in [0.29, 0.717) is 6.42 Å². The average Bonchev–Trinajstić information content (AvgIpc) is 2.76. The van der Waals surface area contributed by atoms with E-state index in [9.17, 15) is 13.2 Å². The Morgan fingerprint density at radius 3 is 2.33 bits per heavy atom. The molecule has 4 nitrogen and oxygen atoms in total. The molecular weight excluding hydrogens is 391 g/mol. The lowest BCUT2D eigenvalue weighted by atomic mass is 10.0. The van der Waals surface area contributed by atoms with Gasteiger partial charge in [-0.15, -0.1) is 0 Å². The van der Waals surface area contributed by atoms with Crippen LogP contribution in [-0.4, -0.2) is 27.7 Å². The summed E-state index contributed by atoms with van der Waals surface area (Å²) in [6.07, 6.45) is -0.0253. The monoisotopic (exact) mass is 409 g/mol. The van der Waals surface area contributed by atoms with Crippen LogP contribution in [0.4, 0.5) is 13.2 Å². The largest absolute Gasteiger partial charge is 0.483 e. The van der Waals surface area contributed by atoms with Crippen molar-refractivity contribution in [2.75, 3.05) is 6.61 Å². The Bertz CT molecular complexity index is 1120. The van der Waals surface area contributed by atoms with Gasteiger partial charge in [0.15, 0.2) is 6.61 Å². The summed E-state index contributed by atoms with van der Waals surface area (Å²) in [6.45, 7) is -1.32. The molecule has 4 aromatic rings. The summed E-state index contributed by atoms with van der Waals surface area (Å²) in [6, 6.07) is 19.2. The quantitative estimate of drug-likeness (QED) is 0.427. The molecule has 0 aliphatic rings. The molecular formula is C23H18F3N3O. The van der Waals surface area contributed by atoms with E-state index in [2.05, 4.69) is 19.7 Å². The number of fused-ring (bicyclic) bond motifs is 1. The highest BCUT2D eigenvalue weighted by Crippen LogP contribution is 2.25. The molecule has 2 aromatic heterocycles. The Hall–Kier alpha value is -3.48. The molecule has 2 aromatic carbocycles. The van der Waals surface area contributed by atoms with Crippen LogP contribution in [0.25, 0.3) is 22.2 Å². The van der Waals surface area contributed by atoms with Gasteiger partial charge in [-0.1, -0.05) is 42.5 Å². The van der Waals surface area contributed by atoms with Gasteiger partial charge < -0.3 is 4.74 Å². The number of rotatable bonds is 6. The first-order chi connectivity index (χ1) is 14.5. The molecule has 0 aliphatic heterocycles. The van der Waals surface area contributed by atoms with Crippen molar-refractivity contribution in [3.05, 3.63) is 84.4 Å². The van der Waals surface area contributed by atoms with Crippen LogP contribution in [0.15, 0.2) is 73.2 Å². The molecule has 0 saturated carbocycles. The molecule has 30 heavy (non-hydrogen) atoms. The van der Waals surface area contributed by atoms with Gasteiger partial charge >= 0.3 is 6.18 Å². The standard InChI is InChI=1S/C23H18F3N3O/c24-23(25,26)14-30-19-12-11-18(27-13-19)10-7-16-5-8-17(9-6-16)22-20-3-1-2-4-21(20)28-15-29-22/h1-6,8-9,11-13,15H,7,10,14H2. The predicted molar refractivity (Wildman–Crippen MR) is 108 cm³/mol. The van der Waals surface area contributed by atoms with Crippen molar-refractivity contribution in [2.45, 2.75) is 19.0 Å². The van der Waals surface area contributed by atoms with Crippen molar-refractivity contribution < 1.29 is 17.9 Å². The zero-order valence-corrected chi connectivity index (χ0v) is 15.9. The van der Waals surface area contributed by atoms with Gasteiger partial charge in [0.05, 0.1) is 17.4 Å². The molecule has 0 amide bonds. The topological polar surface area (TPSA) is 47.9 Å². The Labute approximate surface area is 171 Å². The second-order valence-electron chi connectivity index (χ2n) is 6.83. The van der Waals surface area contributed by atoms with Crippen LogP contribution in [0, 0.1) is 0 Å². The fraction of sp³-hybridized carbons (Fsp3) is 0.174. The Balaban J connectivity index is 1.39. The maximum atomic E-state index is 12.2. The number of alkyl halides is 3. The Morgan fingerprint density at radius 1 is 0.800 bits per heavy atom. The molecule has 7 heteroatoms. The normalized spacial score (nSPS) is 11.6. The van der Waals surface area contributed by atoms with Crippen LogP contribution >= 0.6 is 0 Å². The van der Waals surface area contributed by atoms with Crippen LogP contribution in [0.2, 0.25) is 0 Å². The maximum Gasteiger partial charge on any atom is 0.422 e. The minimum atomic E-state index is -4.36. The molecule has 4 rings (SSSR count). The average molecular weight is 409 g/mol. The number of aromatic nitrogens is 3. The van der Waals surface area contributed by atoms with Crippen LogP contribution in [0.3, 0.4) is 0 Å². The van der Waals surface area contributed by atoms with Gasteiger partial charge in [0.25, 0.3) is 0 Å². The van der Waals surface area contributed by atoms with Crippen molar-refractivity contribution in [3.63, 3.8) is 0 Å². The van der Waals surface area contributed by atoms with E-state index in [1.165, 1.54) is 12.3 Å². The number of nitrogens with zero attached hydrogens (tertiary/aromatic N) is 3. The predicted octanol–water partition coefficient (Wildman–Crippen LogP) is 5.42. The molecule has 0 bridgehead atoms. The van der Waals surface area contributed by atoms with E-state index in [1.54, 1.807) is 12.4 Å². The third kappa shape index (κ3) is 4.92. The zero-order chi connectivity index (χ0) is 21.0. The first kappa shape index (κ1) is 19.8. The fourth-order valence-corrected chi connectivity index (χ4v) is 3.15. The molecule has 0 N–H and O–H groups in total. The van der Waals surface area contributed by atoms with Gasteiger partial charge in [-0.3, -0.25) is 4.98 Å². The second-order valence-corrected chi connectivity index (χ2v) is 6.83. The molecule has 0 fully saturated rings. The van der Waals surface area contributed by atoms with Crippen molar-refractivity contribution >= 4 is 10.9 Å². The molecule has 2 heterocycles. The van der Waals surface area contributed by atoms with Gasteiger partial charge in [0.2, 0.25) is 0 Å². The summed E-state index contributed by atoms with van der Waals surface area (Å²) in [5.74, 6) is 0.109. The first-order valence-corrected chi connectivity index (χ1v) is 9.41. The van der Waals surface area contributed by atoms with E-state index in [4.69, 9.17) is 0 Å². The number of pyridine rings is 1. The summed E-state index contributed by atoms with van der Waals surface area (Å²) in [7, 11) is 0. The highest BCUT2D eigenvalue weighted by Gasteiger charge is 2.28. The van der Waals surface area contributed by atoms with E-state index < -0.39 is 12.8 Å². The highest BCUT2D eigenvalue weighted by molar-refractivity contribution is 5.91. The Kier molecular flexibility index (Phi) is 5.61. The molecule has 0 radical (unpaired) electrons. The fourth-order valence-electron chi connectivity index (χ4n) is 3.15. The molecule has 0 unspecified atom stereocenters. The highest BCUT2D eigenvalue weighted by atomic mass is 19.4. The van der Waals surface area contributed by atoms with Gasteiger partial charge in [0, 0.05) is 16.6 Å². The minimum absolute atomic E-state index is 0.109. The molecule has 0 atom stereocenters. The number of hydrogen-bond donors (Lipinski definition) is 0. The van der Waals surface area contributed by atoms with E-state index in [-0.39, 0.29) is 5.75 Å². The zero-order valence-electron chi connectivity index (χ0n) is 15.9. The number of halogens is 3. The van der Waals surface area contributed by atoms with Gasteiger partial charge in [0.1, 0.15) is 12.1 Å². The van der Waals surface area contributed by atoms with Crippen molar-refractivity contribution in [2.24, 2.45) is 0 Å². The van der Waals surface area contributed by atoms with Crippen LogP contribution in [0.5, 0.6) is 5.75 Å². The van der Waals surface area contributed by atoms with E-state index >= 15 is 0 Å². The van der Waals surface area contributed by atoms with Crippen molar-refractivity contribution in [1.29, 1.82) is 0 Å². The number of para-hydroxylation sites is 1. The lowest BCUT2D eigenvalue weighted by Crippen LogP contribution is -2.19. The van der Waals surface area contributed by atoms with Crippen LogP contribution in [-0.2, 0) is 12.8 Å². The van der Waals surface area contributed by atoms with Crippen LogP contribution < -0.4 is 4.74 Å². The van der Waals surface area contributed by atoms with Crippen LogP contribution in [0.1, 0.15) is 11.3 Å². The molecule has 0 spiro atoms. The SMILES string of the molecule is FC(F)(F)COc1ccc(CCc2ccc(-c3ncnc4ccccc34)cc2)nc1. The van der Waals surface area contributed by atoms with Crippen molar-refractivity contribution in [1.82, 2.24) is 15.0 Å². The van der Waals surface area contributed by atoms with E-state index in [0.717, 1.165) is 39.8 Å². The lowest BCUT2D eigenvalue weighted by molar-refractivity contribution is -0.153. The summed E-state index contributed by atoms with van der Waals surface area (Å²) in [5.41, 5.74) is 4.74. The number of ether oxygens (including phenoxy) is 1. The molecule has 152 valence electrons. The maximum absolute atomic E-state index is 12.2. The van der Waals surface area contributed by atoms with Gasteiger partial charge in [-0.25, -0.2) is 9.97 Å². The number of benzene rings is 2. The minimum Gasteiger partial charge on any atom is -0.483 e. The number of aryl methyl sites for hydroxylation is 2. The lowest BCUT2D eigenvalue weighted by Gasteiger charge is -2.09. The summed E-state index contributed by atoms with van der Waals surface area (Å²) in [5, 5.41) is 1.00. The molecule has 0 saturated heterocycles. The number of hydrogen-bond acceptors (Lipinski definition) is 4. The van der Waals surface area contributed by atoms with Gasteiger partial charge in [-0.2, -0.15) is 13.2 Å².